The molecule has 4 nitrogen and oxygen atoms in total. The molecule has 1 aromatic carbocycles. The number of benzene rings is 1. The van der Waals surface area contributed by atoms with Crippen molar-refractivity contribution in [3.8, 4) is 5.75 Å². The molecule has 1 saturated heterocycles. The summed E-state index contributed by atoms with van der Waals surface area (Å²) in [5.41, 5.74) is 2.53. The van der Waals surface area contributed by atoms with Gasteiger partial charge in [-0.05, 0) is 72.8 Å². The first-order chi connectivity index (χ1) is 15.5. The second kappa shape index (κ2) is 10.9. The van der Waals surface area contributed by atoms with Crippen LogP contribution < -0.4 is 0 Å². The lowest BCUT2D eigenvalue weighted by molar-refractivity contribution is -0.133. The summed E-state index contributed by atoms with van der Waals surface area (Å²) in [6, 6.07) is 3.30. The number of carbonyl (C=O) groups is 1. The third-order valence-electron chi connectivity index (χ3n) is 8.09. The largest absolute Gasteiger partial charge is 0.508 e. The Balaban J connectivity index is 1.60. The molecule has 3 rings (SSSR count). The fourth-order valence-corrected chi connectivity index (χ4v) is 12.8. The first kappa shape index (κ1) is 26.8. The number of carbonyl (C=O) groups excluding carboxylic acids is 1. The van der Waals surface area contributed by atoms with Gasteiger partial charge in [-0.3, -0.25) is 4.79 Å². The molecule has 0 unspecified atom stereocenters. The van der Waals surface area contributed by atoms with E-state index in [0.717, 1.165) is 44.2 Å². The van der Waals surface area contributed by atoms with Crippen molar-refractivity contribution in [3.05, 3.63) is 27.7 Å². The Labute approximate surface area is 211 Å². The summed E-state index contributed by atoms with van der Waals surface area (Å²) in [6.45, 7) is 14.8. The molecule has 2 fully saturated rings. The van der Waals surface area contributed by atoms with Gasteiger partial charge in [-0.15, -0.1) is 0 Å². The van der Waals surface area contributed by atoms with E-state index >= 15 is 0 Å². The van der Waals surface area contributed by atoms with Crippen molar-refractivity contribution < 1.29 is 14.3 Å². The molecule has 33 heavy (non-hydrogen) atoms. The Hall–Kier alpha value is -0.753. The lowest BCUT2D eigenvalue weighted by Gasteiger charge is -2.46. The van der Waals surface area contributed by atoms with E-state index in [9.17, 15) is 9.90 Å². The fourth-order valence-electron chi connectivity index (χ4n) is 6.52. The summed E-state index contributed by atoms with van der Waals surface area (Å²) in [6.07, 6.45) is 5.78. The minimum Gasteiger partial charge on any atom is -0.508 e. The monoisotopic (exact) mass is 513 g/mol. The van der Waals surface area contributed by atoms with Crippen molar-refractivity contribution in [2.75, 3.05) is 6.54 Å². The van der Waals surface area contributed by atoms with Crippen LogP contribution >= 0.6 is 23.2 Å². The van der Waals surface area contributed by atoms with Crippen molar-refractivity contribution in [3.63, 3.8) is 0 Å². The van der Waals surface area contributed by atoms with Gasteiger partial charge < -0.3 is 14.4 Å². The minimum atomic E-state index is -1.87. The van der Waals surface area contributed by atoms with Gasteiger partial charge >= 0.3 is 0 Å². The molecule has 1 aromatic rings. The zero-order valence-electron chi connectivity index (χ0n) is 21.0. The molecule has 1 N–H and O–H groups in total. The van der Waals surface area contributed by atoms with E-state index in [1.54, 1.807) is 0 Å². The van der Waals surface area contributed by atoms with E-state index in [1.807, 2.05) is 0 Å². The van der Waals surface area contributed by atoms with Crippen LogP contribution in [0.4, 0.5) is 0 Å². The van der Waals surface area contributed by atoms with Gasteiger partial charge in [0.15, 0.2) is 0 Å². The highest BCUT2D eigenvalue weighted by Crippen LogP contribution is 2.45. The number of hydrogen-bond donors (Lipinski definition) is 1. The predicted octanol–water partition coefficient (Wildman–Crippen LogP) is 7.59. The maximum Gasteiger partial charge on any atom is 0.226 e. The van der Waals surface area contributed by atoms with Crippen LogP contribution in [0.25, 0.3) is 0 Å². The number of nitrogens with zero attached hydrogens (tertiary/aromatic N) is 1. The SMILES string of the molecule is CC(C)[Si](O[C@H]1CC[C@@H](N2CC[C@@H](Cc3c(Cl)cc(O)cc3Cl)C2=O)CC1)(C(C)C)C(C)C. The highest BCUT2D eigenvalue weighted by Gasteiger charge is 2.47. The molecular weight excluding hydrogens is 473 g/mol. The quantitative estimate of drug-likeness (QED) is 0.364. The summed E-state index contributed by atoms with van der Waals surface area (Å²) in [7, 11) is -1.87. The number of phenols is 1. The molecular formula is C26H41Cl2NO3Si. The molecule has 2 aliphatic rings. The number of rotatable bonds is 8. The van der Waals surface area contributed by atoms with Crippen LogP contribution in [0.5, 0.6) is 5.75 Å². The number of phenolic OH excluding ortho intramolecular Hbond substituents is 1. The van der Waals surface area contributed by atoms with Gasteiger partial charge in [0.05, 0.1) is 0 Å². The Morgan fingerprint density at radius 2 is 1.48 bits per heavy atom. The van der Waals surface area contributed by atoms with Crippen molar-refractivity contribution >= 4 is 37.4 Å². The highest BCUT2D eigenvalue weighted by molar-refractivity contribution is 6.77. The topological polar surface area (TPSA) is 49.8 Å². The molecule has 0 spiro atoms. The number of halogens is 2. The summed E-state index contributed by atoms with van der Waals surface area (Å²) >= 11 is 12.6. The van der Waals surface area contributed by atoms with Crippen molar-refractivity contribution in [1.82, 2.24) is 4.90 Å². The lowest BCUT2D eigenvalue weighted by atomic mass is 9.92. The van der Waals surface area contributed by atoms with Crippen LogP contribution in [0, 0.1) is 5.92 Å². The summed E-state index contributed by atoms with van der Waals surface area (Å²) in [5, 5.41) is 10.5. The Kier molecular flexibility index (Phi) is 8.85. The van der Waals surface area contributed by atoms with Crippen LogP contribution in [-0.2, 0) is 15.6 Å². The molecule has 1 aliphatic carbocycles. The minimum absolute atomic E-state index is 0.0478. The molecule has 0 radical (unpaired) electrons. The number of amides is 1. The third-order valence-corrected chi connectivity index (χ3v) is 14.9. The first-order valence-electron chi connectivity index (χ1n) is 12.6. The molecule has 1 amide bonds. The van der Waals surface area contributed by atoms with Crippen LogP contribution in [0.3, 0.4) is 0 Å². The molecule has 1 saturated carbocycles. The van der Waals surface area contributed by atoms with E-state index in [1.165, 1.54) is 12.1 Å². The van der Waals surface area contributed by atoms with E-state index in [2.05, 4.69) is 46.4 Å². The summed E-state index contributed by atoms with van der Waals surface area (Å²) < 4.78 is 7.02. The predicted molar refractivity (Wildman–Crippen MR) is 140 cm³/mol. The van der Waals surface area contributed by atoms with Gasteiger partial charge in [0.2, 0.25) is 14.2 Å². The van der Waals surface area contributed by atoms with Crippen molar-refractivity contribution in [2.24, 2.45) is 5.92 Å². The van der Waals surface area contributed by atoms with Crippen LogP contribution in [-0.4, -0.2) is 42.9 Å². The maximum atomic E-state index is 13.2. The third kappa shape index (κ3) is 5.57. The van der Waals surface area contributed by atoms with Crippen molar-refractivity contribution in [2.45, 2.75) is 109 Å². The smallest absolute Gasteiger partial charge is 0.226 e. The average Bonchev–Trinajstić information content (AvgIpc) is 3.08. The van der Waals surface area contributed by atoms with Crippen LogP contribution in [0.2, 0.25) is 26.7 Å². The maximum absolute atomic E-state index is 13.2. The van der Waals surface area contributed by atoms with Gasteiger partial charge in [0.1, 0.15) is 5.75 Å². The second-order valence-electron chi connectivity index (χ2n) is 11.0. The van der Waals surface area contributed by atoms with Gasteiger partial charge in [-0.2, -0.15) is 0 Å². The lowest BCUT2D eigenvalue weighted by Crippen LogP contribution is -2.51. The number of hydrogen-bond acceptors (Lipinski definition) is 3. The molecule has 186 valence electrons. The average molecular weight is 515 g/mol. The van der Waals surface area contributed by atoms with E-state index in [0.29, 0.717) is 45.2 Å². The van der Waals surface area contributed by atoms with Gasteiger partial charge in [0, 0.05) is 34.7 Å². The van der Waals surface area contributed by atoms with Gasteiger partial charge in [-0.25, -0.2) is 0 Å². The Morgan fingerprint density at radius 3 is 1.97 bits per heavy atom. The van der Waals surface area contributed by atoms with Gasteiger partial charge in [-0.1, -0.05) is 64.7 Å². The zero-order valence-corrected chi connectivity index (χ0v) is 23.5. The molecule has 1 heterocycles. The zero-order chi connectivity index (χ0) is 24.5. The normalized spacial score (nSPS) is 24.5. The number of likely N-dealkylation sites (tertiary alicyclic amines) is 1. The Morgan fingerprint density at radius 1 is 0.970 bits per heavy atom. The van der Waals surface area contributed by atoms with E-state index in [-0.39, 0.29) is 17.6 Å². The van der Waals surface area contributed by atoms with E-state index in [4.69, 9.17) is 27.6 Å². The van der Waals surface area contributed by atoms with E-state index < -0.39 is 8.32 Å². The molecule has 1 aliphatic heterocycles. The van der Waals surface area contributed by atoms with Crippen molar-refractivity contribution in [1.29, 1.82) is 0 Å². The Bertz CT molecular complexity index is 792. The molecule has 0 aromatic heterocycles. The number of aromatic hydroxyl groups is 1. The highest BCUT2D eigenvalue weighted by atomic mass is 35.5. The van der Waals surface area contributed by atoms with Crippen LogP contribution in [0.15, 0.2) is 12.1 Å². The first-order valence-corrected chi connectivity index (χ1v) is 15.5. The fraction of sp³-hybridized carbons (Fsp3) is 0.731. The standard InChI is InChI=1S/C26H41Cl2NO3Si/c1-16(2)33(17(3)4,18(5)6)32-22-9-7-20(8-10-22)29-12-11-19(26(29)31)13-23-24(27)14-21(30)15-25(23)28/h14-20,22,30H,7-13H2,1-6H3/t19-,20-,22+/m0/s1. The summed E-state index contributed by atoms with van der Waals surface area (Å²) in [4.78, 5) is 15.3. The molecule has 1 atom stereocenters. The molecule has 0 bridgehead atoms. The second-order valence-corrected chi connectivity index (χ2v) is 17.2. The summed E-state index contributed by atoms with van der Waals surface area (Å²) in [5.74, 6) is 0.169. The van der Waals surface area contributed by atoms with Crippen LogP contribution in [0.1, 0.15) is 79.2 Å². The molecule has 7 heteroatoms. The van der Waals surface area contributed by atoms with Gasteiger partial charge in [0.25, 0.3) is 0 Å².